The molecule has 0 atom stereocenters. The Kier molecular flexibility index (Phi) is 6.09. The average Bonchev–Trinajstić information content (AvgIpc) is 3.05. The molecule has 1 saturated heterocycles. The van der Waals surface area contributed by atoms with E-state index in [1.54, 1.807) is 11.9 Å². The number of carbonyl (C=O) groups excluding carboxylic acids is 2. The van der Waals surface area contributed by atoms with Gasteiger partial charge in [0.25, 0.3) is 11.8 Å². The van der Waals surface area contributed by atoms with Crippen molar-refractivity contribution >= 4 is 28.8 Å². The van der Waals surface area contributed by atoms with Gasteiger partial charge in [0.1, 0.15) is 5.70 Å². The molecule has 0 spiro atoms. The van der Waals surface area contributed by atoms with Crippen LogP contribution in [-0.4, -0.2) is 55.1 Å². The van der Waals surface area contributed by atoms with Crippen molar-refractivity contribution in [2.24, 2.45) is 0 Å². The molecule has 2 heterocycles. The first-order valence-corrected chi connectivity index (χ1v) is 10.9. The molecule has 0 aliphatic carbocycles. The van der Waals surface area contributed by atoms with Crippen molar-refractivity contribution < 1.29 is 14.7 Å². The van der Waals surface area contributed by atoms with Gasteiger partial charge in [-0.1, -0.05) is 29.8 Å². The van der Waals surface area contributed by atoms with Crippen molar-refractivity contribution in [2.75, 3.05) is 43.1 Å². The summed E-state index contributed by atoms with van der Waals surface area (Å²) in [7, 11) is 1.73. The lowest BCUT2D eigenvalue weighted by Gasteiger charge is -2.29. The smallest absolute Gasteiger partial charge is 0.282 e. The van der Waals surface area contributed by atoms with Crippen molar-refractivity contribution in [1.29, 1.82) is 0 Å². The van der Waals surface area contributed by atoms with Gasteiger partial charge in [0, 0.05) is 32.4 Å². The first-order valence-electron chi connectivity index (χ1n) is 10.9. The third-order valence-corrected chi connectivity index (χ3v) is 6.05. The summed E-state index contributed by atoms with van der Waals surface area (Å²) in [5.74, 6) is -0.693. The van der Waals surface area contributed by atoms with Crippen LogP contribution in [0.15, 0.2) is 54.2 Å². The van der Waals surface area contributed by atoms with Gasteiger partial charge in [-0.3, -0.25) is 9.59 Å². The topological polar surface area (TPSA) is 64.1 Å². The molecule has 0 saturated carbocycles. The number of benzene rings is 2. The van der Waals surface area contributed by atoms with Crippen LogP contribution in [0.5, 0.6) is 0 Å². The molecule has 2 aromatic rings. The standard InChI is InChI=1S/C25H29N3O3/c1-18-6-8-19(9-7-18)22-23(26(2)16-17-29)25(31)28(24(22)30)21-12-10-20(11-13-21)27-14-4-3-5-15-27/h6-13,29H,3-5,14-17H2,1-2H3. The van der Waals surface area contributed by atoms with Gasteiger partial charge in [-0.2, -0.15) is 0 Å². The second kappa shape index (κ2) is 8.94. The average molecular weight is 420 g/mol. The number of aliphatic hydroxyl groups is 1. The molecule has 0 radical (unpaired) electrons. The van der Waals surface area contributed by atoms with Crippen LogP contribution in [-0.2, 0) is 9.59 Å². The number of amides is 2. The molecule has 2 aliphatic rings. The summed E-state index contributed by atoms with van der Waals surface area (Å²) in [6, 6.07) is 15.3. The third kappa shape index (κ3) is 4.08. The van der Waals surface area contributed by atoms with E-state index in [1.165, 1.54) is 24.2 Å². The molecule has 2 aromatic carbocycles. The highest BCUT2D eigenvalue weighted by Crippen LogP contribution is 2.35. The Hall–Kier alpha value is -3.12. The number of hydrogen-bond donors (Lipinski definition) is 1. The quantitative estimate of drug-likeness (QED) is 0.729. The highest BCUT2D eigenvalue weighted by Gasteiger charge is 2.41. The highest BCUT2D eigenvalue weighted by atomic mass is 16.3. The lowest BCUT2D eigenvalue weighted by molar-refractivity contribution is -0.120. The molecular formula is C25H29N3O3. The zero-order chi connectivity index (χ0) is 22.0. The van der Waals surface area contributed by atoms with Crippen molar-refractivity contribution in [1.82, 2.24) is 4.90 Å². The van der Waals surface area contributed by atoms with E-state index >= 15 is 0 Å². The maximum Gasteiger partial charge on any atom is 0.282 e. The largest absolute Gasteiger partial charge is 0.395 e. The van der Waals surface area contributed by atoms with Crippen LogP contribution in [0.4, 0.5) is 11.4 Å². The second-order valence-electron chi connectivity index (χ2n) is 8.24. The van der Waals surface area contributed by atoms with Crippen LogP contribution in [0.1, 0.15) is 30.4 Å². The minimum absolute atomic E-state index is 0.104. The SMILES string of the molecule is Cc1ccc(C2=C(N(C)CCO)C(=O)N(c3ccc(N4CCCCC4)cc3)C2=O)cc1. The van der Waals surface area contributed by atoms with Gasteiger partial charge >= 0.3 is 0 Å². The fraction of sp³-hybridized carbons (Fsp3) is 0.360. The zero-order valence-electron chi connectivity index (χ0n) is 18.2. The lowest BCUT2D eigenvalue weighted by atomic mass is 10.0. The highest BCUT2D eigenvalue weighted by molar-refractivity contribution is 6.45. The summed E-state index contributed by atoms with van der Waals surface area (Å²) in [5.41, 5.74) is 4.16. The van der Waals surface area contributed by atoms with E-state index in [1.807, 2.05) is 55.5 Å². The monoisotopic (exact) mass is 419 g/mol. The predicted octanol–water partition coefficient (Wildman–Crippen LogP) is 3.19. The van der Waals surface area contributed by atoms with E-state index in [-0.39, 0.29) is 25.0 Å². The van der Waals surface area contributed by atoms with Crippen LogP contribution < -0.4 is 9.80 Å². The Labute approximate surface area is 183 Å². The fourth-order valence-electron chi connectivity index (χ4n) is 4.31. The molecule has 6 nitrogen and oxygen atoms in total. The first kappa shape index (κ1) is 21.1. The van der Waals surface area contributed by atoms with Crippen LogP contribution in [0.25, 0.3) is 5.57 Å². The molecule has 0 bridgehead atoms. The third-order valence-electron chi connectivity index (χ3n) is 6.05. The molecule has 6 heteroatoms. The normalized spacial score (nSPS) is 17.0. The number of aliphatic hydroxyl groups excluding tert-OH is 1. The number of hydrogen-bond acceptors (Lipinski definition) is 5. The van der Waals surface area contributed by atoms with Crippen LogP contribution in [0.3, 0.4) is 0 Å². The van der Waals surface area contributed by atoms with Gasteiger partial charge in [-0.25, -0.2) is 4.90 Å². The van der Waals surface area contributed by atoms with E-state index in [4.69, 9.17) is 0 Å². The number of likely N-dealkylation sites (N-methyl/N-ethyl adjacent to an activating group) is 1. The summed E-state index contributed by atoms with van der Waals surface area (Å²) < 4.78 is 0. The van der Waals surface area contributed by atoms with Gasteiger partial charge in [0.05, 0.1) is 17.9 Å². The van der Waals surface area contributed by atoms with Crippen LogP contribution in [0.2, 0.25) is 0 Å². The van der Waals surface area contributed by atoms with E-state index in [9.17, 15) is 14.7 Å². The van der Waals surface area contributed by atoms with Gasteiger partial charge in [-0.15, -0.1) is 0 Å². The molecular weight excluding hydrogens is 390 g/mol. The predicted molar refractivity (Wildman–Crippen MR) is 123 cm³/mol. The maximum atomic E-state index is 13.5. The maximum absolute atomic E-state index is 13.5. The Morgan fingerprint density at radius 1 is 0.871 bits per heavy atom. The van der Waals surface area contributed by atoms with Crippen LogP contribution in [0, 0.1) is 6.92 Å². The van der Waals surface area contributed by atoms with Crippen molar-refractivity contribution in [2.45, 2.75) is 26.2 Å². The molecule has 2 amide bonds. The Morgan fingerprint density at radius 3 is 2.10 bits per heavy atom. The fourth-order valence-corrected chi connectivity index (χ4v) is 4.31. The number of piperidine rings is 1. The molecule has 2 aliphatic heterocycles. The number of aryl methyl sites for hydroxylation is 1. The van der Waals surface area contributed by atoms with E-state index < -0.39 is 0 Å². The molecule has 4 rings (SSSR count). The number of carbonyl (C=O) groups is 2. The summed E-state index contributed by atoms with van der Waals surface area (Å²) in [6.45, 7) is 4.22. The Balaban J connectivity index is 1.68. The van der Waals surface area contributed by atoms with Crippen LogP contribution >= 0.6 is 0 Å². The number of nitrogens with zero attached hydrogens (tertiary/aromatic N) is 3. The summed E-state index contributed by atoms with van der Waals surface area (Å²) in [4.78, 5) is 32.1. The van der Waals surface area contributed by atoms with Gasteiger partial charge in [-0.05, 0) is 56.0 Å². The summed E-state index contributed by atoms with van der Waals surface area (Å²) in [6.07, 6.45) is 3.65. The number of rotatable bonds is 6. The molecule has 1 fully saturated rings. The van der Waals surface area contributed by atoms with E-state index in [0.717, 1.165) is 24.3 Å². The zero-order valence-corrected chi connectivity index (χ0v) is 18.2. The van der Waals surface area contributed by atoms with Gasteiger partial charge in [0.2, 0.25) is 0 Å². The van der Waals surface area contributed by atoms with Crippen molar-refractivity contribution in [3.63, 3.8) is 0 Å². The summed E-state index contributed by atoms with van der Waals surface area (Å²) in [5, 5.41) is 9.40. The molecule has 162 valence electrons. The van der Waals surface area contributed by atoms with Gasteiger partial charge < -0.3 is 14.9 Å². The van der Waals surface area contributed by atoms with Crippen molar-refractivity contribution in [3.05, 3.63) is 65.4 Å². The molecule has 0 unspecified atom stereocenters. The first-order chi connectivity index (χ1) is 15.0. The van der Waals surface area contributed by atoms with Crippen molar-refractivity contribution in [3.8, 4) is 0 Å². The lowest BCUT2D eigenvalue weighted by Crippen LogP contribution is -2.35. The second-order valence-corrected chi connectivity index (χ2v) is 8.24. The summed E-state index contributed by atoms with van der Waals surface area (Å²) >= 11 is 0. The minimum atomic E-state index is -0.359. The number of imide groups is 1. The van der Waals surface area contributed by atoms with E-state index in [0.29, 0.717) is 22.5 Å². The molecule has 31 heavy (non-hydrogen) atoms. The van der Waals surface area contributed by atoms with E-state index in [2.05, 4.69) is 4.90 Å². The molecule has 1 N–H and O–H groups in total. The number of anilines is 2. The Bertz CT molecular complexity index is 990. The van der Waals surface area contributed by atoms with Gasteiger partial charge in [0.15, 0.2) is 0 Å². The Morgan fingerprint density at radius 2 is 1.48 bits per heavy atom. The minimum Gasteiger partial charge on any atom is -0.395 e. The molecule has 0 aromatic heterocycles.